The number of nitrogens with one attached hydrogen (secondary N) is 1. The molecule has 1 aromatic carbocycles. The van der Waals surface area contributed by atoms with E-state index in [0.29, 0.717) is 6.42 Å². The minimum Gasteiger partial charge on any atom is -0.313 e. The second-order valence-corrected chi connectivity index (χ2v) is 3.65. The van der Waals surface area contributed by atoms with Crippen molar-refractivity contribution in [2.45, 2.75) is 26.8 Å². The Labute approximate surface area is 85.3 Å². The van der Waals surface area contributed by atoms with Crippen molar-refractivity contribution in [2.24, 2.45) is 0 Å². The summed E-state index contributed by atoms with van der Waals surface area (Å²) in [7, 11) is 0. The number of aryl methyl sites for hydroxylation is 2. The van der Waals surface area contributed by atoms with E-state index in [1.807, 2.05) is 0 Å². The van der Waals surface area contributed by atoms with Crippen molar-refractivity contribution in [3.8, 4) is 0 Å². The molecular weight excluding hydrogens is 177 g/mol. The third kappa shape index (κ3) is 3.46. The molecule has 0 amide bonds. The lowest BCUT2D eigenvalue weighted by Gasteiger charge is -2.07. The van der Waals surface area contributed by atoms with Crippen LogP contribution in [0.1, 0.15) is 23.1 Å². The summed E-state index contributed by atoms with van der Waals surface area (Å²) < 4.78 is 11.8. The van der Waals surface area contributed by atoms with Crippen LogP contribution in [0.2, 0.25) is 0 Å². The summed E-state index contributed by atoms with van der Waals surface area (Å²) >= 11 is 0. The summed E-state index contributed by atoms with van der Waals surface area (Å²) in [6.45, 7) is 5.55. The fraction of sp³-hybridized carbons (Fsp3) is 0.500. The van der Waals surface area contributed by atoms with Gasteiger partial charge in [-0.3, -0.25) is 4.39 Å². The lowest BCUT2D eigenvalue weighted by atomic mass is 10.1. The minimum atomic E-state index is -0.236. The molecule has 0 aromatic heterocycles. The van der Waals surface area contributed by atoms with Crippen molar-refractivity contribution in [3.05, 3.63) is 34.9 Å². The molecule has 1 rings (SSSR count). The quantitative estimate of drug-likeness (QED) is 0.712. The summed E-state index contributed by atoms with van der Waals surface area (Å²) in [5.41, 5.74) is 3.88. The summed E-state index contributed by atoms with van der Waals surface area (Å²) in [4.78, 5) is 0. The monoisotopic (exact) mass is 195 g/mol. The first kappa shape index (κ1) is 11.2. The molecule has 0 bridgehead atoms. The zero-order chi connectivity index (χ0) is 10.4. The third-order valence-electron chi connectivity index (χ3n) is 2.31. The number of rotatable bonds is 5. The van der Waals surface area contributed by atoms with E-state index in [4.69, 9.17) is 0 Å². The van der Waals surface area contributed by atoms with Crippen LogP contribution in [-0.4, -0.2) is 13.2 Å². The van der Waals surface area contributed by atoms with Crippen LogP contribution in [0.3, 0.4) is 0 Å². The van der Waals surface area contributed by atoms with Gasteiger partial charge in [0.15, 0.2) is 0 Å². The zero-order valence-corrected chi connectivity index (χ0v) is 8.94. The van der Waals surface area contributed by atoms with Crippen LogP contribution in [0.4, 0.5) is 4.39 Å². The summed E-state index contributed by atoms with van der Waals surface area (Å²) in [5.74, 6) is 0. The molecule has 14 heavy (non-hydrogen) atoms. The first-order valence-electron chi connectivity index (χ1n) is 5.07. The van der Waals surface area contributed by atoms with Gasteiger partial charge in [-0.1, -0.05) is 23.8 Å². The normalized spacial score (nSPS) is 10.5. The van der Waals surface area contributed by atoms with Gasteiger partial charge in [0.2, 0.25) is 0 Å². The van der Waals surface area contributed by atoms with E-state index in [-0.39, 0.29) is 6.67 Å². The molecule has 1 nitrogen and oxygen atoms in total. The molecule has 0 spiro atoms. The molecule has 0 radical (unpaired) electrons. The zero-order valence-electron chi connectivity index (χ0n) is 8.94. The SMILES string of the molecule is Cc1ccc(C)c(CNCCCF)c1. The molecule has 1 N–H and O–H groups in total. The van der Waals surface area contributed by atoms with Crippen LogP contribution in [0.15, 0.2) is 18.2 Å². The van der Waals surface area contributed by atoms with Crippen molar-refractivity contribution in [2.75, 3.05) is 13.2 Å². The van der Waals surface area contributed by atoms with E-state index in [1.165, 1.54) is 16.7 Å². The Morgan fingerprint density at radius 2 is 2.07 bits per heavy atom. The van der Waals surface area contributed by atoms with Gasteiger partial charge >= 0.3 is 0 Å². The molecule has 1 aromatic rings. The number of hydrogen-bond donors (Lipinski definition) is 1. The Balaban J connectivity index is 2.45. The molecule has 0 heterocycles. The number of alkyl halides is 1. The molecule has 0 aliphatic rings. The fourth-order valence-corrected chi connectivity index (χ4v) is 1.41. The molecular formula is C12H18FN. The van der Waals surface area contributed by atoms with Crippen molar-refractivity contribution < 1.29 is 4.39 Å². The number of halogens is 1. The van der Waals surface area contributed by atoms with Crippen molar-refractivity contribution in [1.82, 2.24) is 5.32 Å². The fourth-order valence-electron chi connectivity index (χ4n) is 1.41. The van der Waals surface area contributed by atoms with Crippen LogP contribution in [0, 0.1) is 13.8 Å². The Kier molecular flexibility index (Phi) is 4.60. The molecule has 78 valence electrons. The van der Waals surface area contributed by atoms with Gasteiger partial charge in [0, 0.05) is 6.54 Å². The van der Waals surface area contributed by atoms with Crippen molar-refractivity contribution >= 4 is 0 Å². The largest absolute Gasteiger partial charge is 0.313 e. The molecule has 2 heteroatoms. The molecule has 0 aliphatic heterocycles. The van der Waals surface area contributed by atoms with Gasteiger partial charge in [-0.25, -0.2) is 0 Å². The molecule has 0 saturated carbocycles. The number of benzene rings is 1. The van der Waals surface area contributed by atoms with Crippen molar-refractivity contribution in [3.63, 3.8) is 0 Å². The van der Waals surface area contributed by atoms with E-state index >= 15 is 0 Å². The predicted molar refractivity (Wildman–Crippen MR) is 58.2 cm³/mol. The molecule has 0 fully saturated rings. The van der Waals surface area contributed by atoms with Crippen molar-refractivity contribution in [1.29, 1.82) is 0 Å². The summed E-state index contributed by atoms with van der Waals surface area (Å²) in [6.07, 6.45) is 0.602. The maximum Gasteiger partial charge on any atom is 0.0906 e. The van der Waals surface area contributed by atoms with Gasteiger partial charge in [-0.05, 0) is 37.9 Å². The van der Waals surface area contributed by atoms with Crippen LogP contribution in [-0.2, 0) is 6.54 Å². The lowest BCUT2D eigenvalue weighted by molar-refractivity contribution is 0.459. The second-order valence-electron chi connectivity index (χ2n) is 3.65. The molecule has 0 unspecified atom stereocenters. The van der Waals surface area contributed by atoms with E-state index < -0.39 is 0 Å². The third-order valence-corrected chi connectivity index (χ3v) is 2.31. The lowest BCUT2D eigenvalue weighted by Crippen LogP contribution is -2.15. The van der Waals surface area contributed by atoms with Gasteiger partial charge in [0.05, 0.1) is 6.67 Å². The highest BCUT2D eigenvalue weighted by molar-refractivity contribution is 5.30. The standard InChI is InChI=1S/C12H18FN/c1-10-4-5-11(2)12(8-10)9-14-7-3-6-13/h4-5,8,14H,3,6-7,9H2,1-2H3. The Bertz CT molecular complexity index is 284. The molecule has 0 aliphatic carbocycles. The Morgan fingerprint density at radius 1 is 1.29 bits per heavy atom. The topological polar surface area (TPSA) is 12.0 Å². The average molecular weight is 195 g/mol. The summed E-state index contributed by atoms with van der Waals surface area (Å²) in [5, 5.41) is 3.23. The first-order valence-corrected chi connectivity index (χ1v) is 5.07. The second kappa shape index (κ2) is 5.76. The predicted octanol–water partition coefficient (Wildman–Crippen LogP) is 2.75. The van der Waals surface area contributed by atoms with Gasteiger partial charge < -0.3 is 5.32 Å². The van der Waals surface area contributed by atoms with Gasteiger partial charge in [0.1, 0.15) is 0 Å². The van der Waals surface area contributed by atoms with E-state index in [0.717, 1.165) is 13.1 Å². The maximum atomic E-state index is 11.8. The minimum absolute atomic E-state index is 0.236. The van der Waals surface area contributed by atoms with E-state index in [2.05, 4.69) is 37.4 Å². The van der Waals surface area contributed by atoms with Gasteiger partial charge in [0.25, 0.3) is 0 Å². The number of hydrogen-bond acceptors (Lipinski definition) is 1. The molecule has 0 saturated heterocycles. The van der Waals surface area contributed by atoms with Crippen LogP contribution in [0.5, 0.6) is 0 Å². The van der Waals surface area contributed by atoms with E-state index in [1.54, 1.807) is 0 Å². The van der Waals surface area contributed by atoms with Crippen LogP contribution >= 0.6 is 0 Å². The Morgan fingerprint density at radius 3 is 2.79 bits per heavy atom. The highest BCUT2D eigenvalue weighted by Gasteiger charge is 1.97. The van der Waals surface area contributed by atoms with Crippen LogP contribution < -0.4 is 5.32 Å². The van der Waals surface area contributed by atoms with Gasteiger partial charge in [-0.2, -0.15) is 0 Å². The Hall–Kier alpha value is -0.890. The first-order chi connectivity index (χ1) is 6.74. The van der Waals surface area contributed by atoms with E-state index in [9.17, 15) is 4.39 Å². The highest BCUT2D eigenvalue weighted by atomic mass is 19.1. The highest BCUT2D eigenvalue weighted by Crippen LogP contribution is 2.09. The maximum absolute atomic E-state index is 11.8. The van der Waals surface area contributed by atoms with Crippen LogP contribution in [0.25, 0.3) is 0 Å². The molecule has 0 atom stereocenters. The van der Waals surface area contributed by atoms with Gasteiger partial charge in [-0.15, -0.1) is 0 Å². The summed E-state index contributed by atoms with van der Waals surface area (Å²) in [6, 6.07) is 6.42. The average Bonchev–Trinajstić information content (AvgIpc) is 2.18. The smallest absolute Gasteiger partial charge is 0.0906 e.